The summed E-state index contributed by atoms with van der Waals surface area (Å²) in [6.07, 6.45) is 1.90. The fourth-order valence-electron chi connectivity index (χ4n) is 1.83. The molecule has 1 aromatic heterocycles. The number of nitrogens with zero attached hydrogens (tertiary/aromatic N) is 4. The van der Waals surface area contributed by atoms with Gasteiger partial charge in [0.1, 0.15) is 6.33 Å². The predicted molar refractivity (Wildman–Crippen MR) is 72.2 cm³/mol. The van der Waals surface area contributed by atoms with E-state index in [0.717, 1.165) is 11.3 Å². The Hall–Kier alpha value is -2.28. The van der Waals surface area contributed by atoms with E-state index in [9.17, 15) is 4.79 Å². The third-order valence-corrected chi connectivity index (χ3v) is 2.99. The lowest BCUT2D eigenvalue weighted by Gasteiger charge is -2.14. The average molecular weight is 275 g/mol. The van der Waals surface area contributed by atoms with Crippen LogP contribution in [0.25, 0.3) is 5.69 Å². The molecule has 0 saturated carbocycles. The Morgan fingerprint density at radius 2 is 2.35 bits per heavy atom. The summed E-state index contributed by atoms with van der Waals surface area (Å²) in [7, 11) is 1.39. The highest BCUT2D eigenvalue weighted by Gasteiger charge is 2.08. The molecule has 1 atom stereocenters. The first-order chi connectivity index (χ1) is 9.70. The SMILES string of the molecule is COC(=O)CCNC(C)c1cccc(-n2cnnn2)c1. The van der Waals surface area contributed by atoms with E-state index in [4.69, 9.17) is 0 Å². The van der Waals surface area contributed by atoms with E-state index >= 15 is 0 Å². The van der Waals surface area contributed by atoms with Crippen molar-refractivity contribution in [3.63, 3.8) is 0 Å². The maximum Gasteiger partial charge on any atom is 0.306 e. The van der Waals surface area contributed by atoms with Gasteiger partial charge in [-0.05, 0) is 35.0 Å². The number of hydrogen-bond acceptors (Lipinski definition) is 6. The van der Waals surface area contributed by atoms with Gasteiger partial charge >= 0.3 is 5.97 Å². The molecule has 1 N–H and O–H groups in total. The van der Waals surface area contributed by atoms with Crippen molar-refractivity contribution in [1.29, 1.82) is 0 Å². The van der Waals surface area contributed by atoms with Gasteiger partial charge in [0.25, 0.3) is 0 Å². The monoisotopic (exact) mass is 275 g/mol. The lowest BCUT2D eigenvalue weighted by molar-refractivity contribution is -0.140. The molecule has 0 aliphatic carbocycles. The van der Waals surface area contributed by atoms with Crippen molar-refractivity contribution >= 4 is 5.97 Å². The van der Waals surface area contributed by atoms with Crippen LogP contribution in [0.1, 0.15) is 24.9 Å². The molecule has 20 heavy (non-hydrogen) atoms. The van der Waals surface area contributed by atoms with E-state index in [2.05, 4.69) is 25.6 Å². The van der Waals surface area contributed by atoms with Crippen molar-refractivity contribution in [2.75, 3.05) is 13.7 Å². The number of rotatable bonds is 6. The first-order valence-corrected chi connectivity index (χ1v) is 6.34. The third kappa shape index (κ3) is 3.61. The Morgan fingerprint density at radius 1 is 1.50 bits per heavy atom. The molecule has 7 nitrogen and oxygen atoms in total. The van der Waals surface area contributed by atoms with E-state index in [-0.39, 0.29) is 12.0 Å². The zero-order chi connectivity index (χ0) is 14.4. The number of ether oxygens (including phenoxy) is 1. The van der Waals surface area contributed by atoms with Crippen molar-refractivity contribution in [3.8, 4) is 5.69 Å². The first kappa shape index (κ1) is 14.1. The van der Waals surface area contributed by atoms with E-state index in [1.54, 1.807) is 11.0 Å². The molecular formula is C13H17N5O2. The highest BCUT2D eigenvalue weighted by Crippen LogP contribution is 2.16. The van der Waals surface area contributed by atoms with Crippen LogP contribution in [0.15, 0.2) is 30.6 Å². The summed E-state index contributed by atoms with van der Waals surface area (Å²) in [4.78, 5) is 11.1. The minimum Gasteiger partial charge on any atom is -0.469 e. The van der Waals surface area contributed by atoms with Crippen LogP contribution < -0.4 is 5.32 Å². The number of esters is 1. The fourth-order valence-corrected chi connectivity index (χ4v) is 1.83. The average Bonchev–Trinajstić information content (AvgIpc) is 3.01. The number of carbonyl (C=O) groups is 1. The Bertz CT molecular complexity index is 556. The molecule has 0 bridgehead atoms. The van der Waals surface area contributed by atoms with Gasteiger partial charge < -0.3 is 10.1 Å². The smallest absolute Gasteiger partial charge is 0.306 e. The lowest BCUT2D eigenvalue weighted by atomic mass is 10.1. The second-order valence-corrected chi connectivity index (χ2v) is 4.35. The summed E-state index contributed by atoms with van der Waals surface area (Å²) in [6, 6.07) is 8.03. The van der Waals surface area contributed by atoms with Crippen molar-refractivity contribution in [2.24, 2.45) is 0 Å². The molecule has 106 valence electrons. The molecule has 0 spiro atoms. The second kappa shape index (κ2) is 6.76. The standard InChI is InChI=1S/C13H17N5O2/c1-10(14-7-6-13(19)20-2)11-4-3-5-12(8-11)18-9-15-16-17-18/h3-5,8-10,14H,6-7H2,1-2H3. The number of nitrogens with one attached hydrogen (secondary N) is 1. The van der Waals surface area contributed by atoms with Gasteiger partial charge in [-0.15, -0.1) is 5.10 Å². The maximum atomic E-state index is 11.1. The summed E-state index contributed by atoms with van der Waals surface area (Å²) in [5, 5.41) is 14.4. The van der Waals surface area contributed by atoms with Crippen LogP contribution in [0, 0.1) is 0 Å². The van der Waals surface area contributed by atoms with Crippen molar-refractivity contribution < 1.29 is 9.53 Å². The summed E-state index contributed by atoms with van der Waals surface area (Å²) >= 11 is 0. The van der Waals surface area contributed by atoms with Gasteiger partial charge in [0.05, 0.1) is 19.2 Å². The molecule has 1 heterocycles. The number of benzene rings is 1. The van der Waals surface area contributed by atoms with Crippen LogP contribution >= 0.6 is 0 Å². The second-order valence-electron chi connectivity index (χ2n) is 4.35. The van der Waals surface area contributed by atoms with Gasteiger partial charge in [-0.25, -0.2) is 4.68 Å². The minimum absolute atomic E-state index is 0.121. The molecule has 1 unspecified atom stereocenters. The zero-order valence-corrected chi connectivity index (χ0v) is 11.5. The lowest BCUT2D eigenvalue weighted by Crippen LogP contribution is -2.22. The van der Waals surface area contributed by atoms with Crippen LogP contribution in [0.2, 0.25) is 0 Å². The van der Waals surface area contributed by atoms with Crippen LogP contribution in [0.3, 0.4) is 0 Å². The van der Waals surface area contributed by atoms with E-state index < -0.39 is 0 Å². The Morgan fingerprint density at radius 3 is 3.05 bits per heavy atom. The largest absolute Gasteiger partial charge is 0.469 e. The van der Waals surface area contributed by atoms with Gasteiger partial charge in [-0.3, -0.25) is 4.79 Å². The predicted octanol–water partition coefficient (Wildman–Crippen LogP) is 0.876. The summed E-state index contributed by atoms with van der Waals surface area (Å²) < 4.78 is 6.20. The Labute approximate surface area is 116 Å². The van der Waals surface area contributed by atoms with Crippen LogP contribution in [-0.4, -0.2) is 39.8 Å². The summed E-state index contributed by atoms with van der Waals surface area (Å²) in [5.74, 6) is -0.216. The molecule has 2 aromatic rings. The van der Waals surface area contributed by atoms with Crippen molar-refractivity contribution in [3.05, 3.63) is 36.2 Å². The number of hydrogen-bond donors (Lipinski definition) is 1. The number of tetrazole rings is 1. The molecule has 2 rings (SSSR count). The van der Waals surface area contributed by atoms with Gasteiger partial charge in [0, 0.05) is 12.6 Å². The van der Waals surface area contributed by atoms with Gasteiger partial charge in [0.2, 0.25) is 0 Å². The van der Waals surface area contributed by atoms with Crippen LogP contribution in [0.5, 0.6) is 0 Å². The Kier molecular flexibility index (Phi) is 4.78. The summed E-state index contributed by atoms with van der Waals surface area (Å²) in [5.41, 5.74) is 2.00. The molecule has 1 aromatic carbocycles. The normalized spacial score (nSPS) is 12.1. The molecule has 7 heteroatoms. The maximum absolute atomic E-state index is 11.1. The van der Waals surface area contributed by atoms with E-state index in [1.807, 2.05) is 31.2 Å². The number of aromatic nitrogens is 4. The fraction of sp³-hybridized carbons (Fsp3) is 0.385. The number of carbonyl (C=O) groups excluding carboxylic acids is 1. The molecule has 0 amide bonds. The third-order valence-electron chi connectivity index (χ3n) is 2.99. The molecule has 0 radical (unpaired) electrons. The summed E-state index contributed by atoms with van der Waals surface area (Å²) in [6.45, 7) is 2.61. The molecular weight excluding hydrogens is 258 g/mol. The highest BCUT2D eigenvalue weighted by atomic mass is 16.5. The van der Waals surface area contributed by atoms with E-state index in [1.165, 1.54) is 7.11 Å². The van der Waals surface area contributed by atoms with Gasteiger partial charge in [-0.2, -0.15) is 0 Å². The molecule has 0 aliphatic rings. The van der Waals surface area contributed by atoms with Gasteiger partial charge in [-0.1, -0.05) is 12.1 Å². The molecule has 0 aliphatic heterocycles. The topological polar surface area (TPSA) is 81.9 Å². The highest BCUT2D eigenvalue weighted by molar-refractivity contribution is 5.69. The quantitative estimate of drug-likeness (QED) is 0.788. The van der Waals surface area contributed by atoms with E-state index in [0.29, 0.717) is 13.0 Å². The van der Waals surface area contributed by atoms with Crippen LogP contribution in [-0.2, 0) is 9.53 Å². The van der Waals surface area contributed by atoms with Gasteiger partial charge in [0.15, 0.2) is 0 Å². The van der Waals surface area contributed by atoms with Crippen molar-refractivity contribution in [1.82, 2.24) is 25.5 Å². The Balaban J connectivity index is 1.98. The zero-order valence-electron chi connectivity index (χ0n) is 11.5. The first-order valence-electron chi connectivity index (χ1n) is 6.34. The molecule has 0 fully saturated rings. The van der Waals surface area contributed by atoms with Crippen molar-refractivity contribution in [2.45, 2.75) is 19.4 Å². The minimum atomic E-state index is -0.216. The number of methoxy groups -OCH3 is 1. The van der Waals surface area contributed by atoms with Crippen LogP contribution in [0.4, 0.5) is 0 Å². The molecule has 0 saturated heterocycles.